The van der Waals surface area contributed by atoms with Crippen LogP contribution in [-0.2, 0) is 19.1 Å². The number of hydrogen-bond donors (Lipinski definition) is 1. The van der Waals surface area contributed by atoms with Crippen molar-refractivity contribution in [2.75, 3.05) is 57.3 Å². The van der Waals surface area contributed by atoms with Gasteiger partial charge in [-0.05, 0) is 45.2 Å². The molecule has 2 heterocycles. The monoisotopic (exact) mass is 478 g/mol. The van der Waals surface area contributed by atoms with Gasteiger partial charge in [-0.25, -0.2) is 0 Å². The zero-order valence-electron chi connectivity index (χ0n) is 19.8. The number of benzene rings is 1. The number of halogens is 1. The molecule has 182 valence electrons. The summed E-state index contributed by atoms with van der Waals surface area (Å²) in [6.45, 7) is 6.08. The zero-order valence-corrected chi connectivity index (χ0v) is 20.6. The first-order valence-electron chi connectivity index (χ1n) is 11.5. The number of methoxy groups -OCH3 is 1. The first-order chi connectivity index (χ1) is 15.7. The molecule has 1 N–H and O–H groups in total. The van der Waals surface area contributed by atoms with E-state index in [0.29, 0.717) is 45.8 Å². The highest BCUT2D eigenvalue weighted by Gasteiger charge is 2.54. The summed E-state index contributed by atoms with van der Waals surface area (Å²) in [4.78, 5) is 44.6. The normalized spacial score (nSPS) is 18.2. The van der Waals surface area contributed by atoms with E-state index in [1.54, 1.807) is 12.0 Å². The van der Waals surface area contributed by atoms with Crippen LogP contribution >= 0.6 is 11.6 Å². The fraction of sp³-hybridized carbons (Fsp3) is 0.625. The topological polar surface area (TPSA) is 82.2 Å². The van der Waals surface area contributed by atoms with Crippen LogP contribution in [0.5, 0.6) is 0 Å². The number of carbonyl (C=O) groups is 3. The van der Waals surface area contributed by atoms with Gasteiger partial charge in [0.05, 0.1) is 12.1 Å². The van der Waals surface area contributed by atoms with E-state index in [0.717, 1.165) is 12.1 Å². The Morgan fingerprint density at radius 2 is 1.85 bits per heavy atom. The van der Waals surface area contributed by atoms with Crippen molar-refractivity contribution in [3.8, 4) is 0 Å². The first-order valence-corrected chi connectivity index (χ1v) is 12.0. The largest absolute Gasteiger partial charge is 0.385 e. The predicted molar refractivity (Wildman–Crippen MR) is 128 cm³/mol. The molecule has 0 saturated carbocycles. The third kappa shape index (κ3) is 5.44. The summed E-state index contributed by atoms with van der Waals surface area (Å²) in [5.74, 6) is 0.0231. The molecule has 0 aliphatic carbocycles. The molecule has 2 aliphatic heterocycles. The van der Waals surface area contributed by atoms with Crippen LogP contribution in [0.15, 0.2) is 30.3 Å². The average Bonchev–Trinajstić information content (AvgIpc) is 3.08. The molecule has 2 fully saturated rings. The van der Waals surface area contributed by atoms with Gasteiger partial charge < -0.3 is 24.8 Å². The minimum atomic E-state index is -0.764. The molecule has 2 saturated heterocycles. The maximum atomic E-state index is 13.7. The van der Waals surface area contributed by atoms with Gasteiger partial charge in [-0.3, -0.25) is 14.4 Å². The van der Waals surface area contributed by atoms with Crippen molar-refractivity contribution in [2.24, 2.45) is 5.41 Å². The lowest BCUT2D eigenvalue weighted by Crippen LogP contribution is -2.58. The molecule has 1 aromatic rings. The van der Waals surface area contributed by atoms with E-state index in [1.165, 1.54) is 0 Å². The molecule has 0 bridgehead atoms. The van der Waals surface area contributed by atoms with Crippen LogP contribution in [0.3, 0.4) is 0 Å². The minimum Gasteiger partial charge on any atom is -0.385 e. The fourth-order valence-corrected chi connectivity index (χ4v) is 4.68. The summed E-state index contributed by atoms with van der Waals surface area (Å²) in [5.41, 5.74) is -0.466. The molecule has 0 unspecified atom stereocenters. The third-order valence-electron chi connectivity index (χ3n) is 6.55. The van der Waals surface area contributed by atoms with Crippen LogP contribution in [0, 0.1) is 5.41 Å². The molecule has 3 rings (SSSR count). The molecule has 8 nitrogen and oxygen atoms in total. The quantitative estimate of drug-likeness (QED) is 0.434. The summed E-state index contributed by atoms with van der Waals surface area (Å²) >= 11 is 6.01. The summed E-state index contributed by atoms with van der Waals surface area (Å²) in [5, 5.41) is 2.86. The molecule has 0 atom stereocenters. The molecule has 0 radical (unpaired) electrons. The molecular weight excluding hydrogens is 444 g/mol. The standard InChI is InChI=1S/C24H35ClN4O4/c1-23(2,17-25)21(31)27-13-10-24(11-14-27)22(32)28(16-20(30)26-12-7-15-33-3)18-29(24)19-8-5-4-6-9-19/h4-6,8-9H,7,10-18H2,1-3H3,(H,26,30). The number of rotatable bonds is 9. The Labute approximate surface area is 201 Å². The Hall–Kier alpha value is -2.32. The maximum Gasteiger partial charge on any atom is 0.250 e. The number of amides is 3. The molecule has 0 aromatic heterocycles. The van der Waals surface area contributed by atoms with Crippen molar-refractivity contribution < 1.29 is 19.1 Å². The smallest absolute Gasteiger partial charge is 0.250 e. The molecule has 1 spiro atoms. The van der Waals surface area contributed by atoms with E-state index in [2.05, 4.69) is 10.2 Å². The number of alkyl halides is 1. The van der Waals surface area contributed by atoms with Gasteiger partial charge in [-0.1, -0.05) is 18.2 Å². The Bertz CT molecular complexity index is 840. The van der Waals surface area contributed by atoms with Crippen molar-refractivity contribution in [3.05, 3.63) is 30.3 Å². The Balaban J connectivity index is 1.75. The highest BCUT2D eigenvalue weighted by atomic mass is 35.5. The highest BCUT2D eigenvalue weighted by Crippen LogP contribution is 2.40. The number of likely N-dealkylation sites (tertiary alicyclic amines) is 1. The van der Waals surface area contributed by atoms with Crippen molar-refractivity contribution in [1.29, 1.82) is 0 Å². The Morgan fingerprint density at radius 1 is 1.18 bits per heavy atom. The zero-order chi connectivity index (χ0) is 24.1. The van der Waals surface area contributed by atoms with Gasteiger partial charge in [0.25, 0.3) is 5.91 Å². The van der Waals surface area contributed by atoms with Gasteiger partial charge in [0.1, 0.15) is 12.1 Å². The summed E-state index contributed by atoms with van der Waals surface area (Å²) in [6.07, 6.45) is 1.74. The van der Waals surface area contributed by atoms with E-state index < -0.39 is 11.0 Å². The SMILES string of the molecule is COCCCNC(=O)CN1CN(c2ccccc2)C2(CCN(C(=O)C(C)(C)CCl)CC2)C1=O. The lowest BCUT2D eigenvalue weighted by atomic mass is 9.84. The van der Waals surface area contributed by atoms with Crippen LogP contribution in [0.1, 0.15) is 33.1 Å². The van der Waals surface area contributed by atoms with Crippen molar-refractivity contribution in [1.82, 2.24) is 15.1 Å². The summed E-state index contributed by atoms with van der Waals surface area (Å²) in [7, 11) is 1.62. The molecule has 1 aromatic carbocycles. The number of para-hydroxylation sites is 1. The third-order valence-corrected chi connectivity index (χ3v) is 7.22. The van der Waals surface area contributed by atoms with E-state index in [1.807, 2.05) is 49.1 Å². The number of ether oxygens (including phenoxy) is 1. The number of hydrogen-bond acceptors (Lipinski definition) is 5. The summed E-state index contributed by atoms with van der Waals surface area (Å²) < 4.78 is 5.01. The Morgan fingerprint density at radius 3 is 2.45 bits per heavy atom. The van der Waals surface area contributed by atoms with Crippen LogP contribution in [0.25, 0.3) is 0 Å². The van der Waals surface area contributed by atoms with Gasteiger partial charge in [-0.2, -0.15) is 0 Å². The molecular formula is C24H35ClN4O4. The molecule has 3 amide bonds. The minimum absolute atomic E-state index is 0.0105. The van der Waals surface area contributed by atoms with Gasteiger partial charge in [0.15, 0.2) is 0 Å². The van der Waals surface area contributed by atoms with Crippen molar-refractivity contribution in [3.63, 3.8) is 0 Å². The van der Waals surface area contributed by atoms with Crippen molar-refractivity contribution in [2.45, 2.75) is 38.6 Å². The molecule has 33 heavy (non-hydrogen) atoms. The van der Waals surface area contributed by atoms with Crippen LogP contribution in [-0.4, -0.2) is 85.5 Å². The average molecular weight is 479 g/mol. The lowest BCUT2D eigenvalue weighted by molar-refractivity contribution is -0.144. The molecule has 9 heteroatoms. The predicted octanol–water partition coefficient (Wildman–Crippen LogP) is 2.07. The van der Waals surface area contributed by atoms with Gasteiger partial charge in [-0.15, -0.1) is 11.6 Å². The Kier molecular flexibility index (Phi) is 8.23. The van der Waals surface area contributed by atoms with Gasteiger partial charge in [0, 0.05) is 44.9 Å². The van der Waals surface area contributed by atoms with Crippen LogP contribution < -0.4 is 10.2 Å². The van der Waals surface area contributed by atoms with E-state index in [4.69, 9.17) is 16.3 Å². The van der Waals surface area contributed by atoms with E-state index in [-0.39, 0.29) is 30.1 Å². The fourth-order valence-electron chi connectivity index (χ4n) is 4.56. The number of anilines is 1. The summed E-state index contributed by atoms with van der Waals surface area (Å²) in [6, 6.07) is 9.80. The maximum absolute atomic E-state index is 13.7. The van der Waals surface area contributed by atoms with Gasteiger partial charge in [0.2, 0.25) is 11.8 Å². The second-order valence-electron chi connectivity index (χ2n) is 9.45. The number of nitrogens with zero attached hydrogens (tertiary/aromatic N) is 3. The van der Waals surface area contributed by atoms with Crippen molar-refractivity contribution >= 4 is 35.0 Å². The van der Waals surface area contributed by atoms with Gasteiger partial charge >= 0.3 is 0 Å². The van der Waals surface area contributed by atoms with E-state index >= 15 is 0 Å². The number of nitrogens with one attached hydrogen (secondary N) is 1. The second kappa shape index (κ2) is 10.7. The number of piperidine rings is 1. The van der Waals surface area contributed by atoms with Crippen LogP contribution in [0.4, 0.5) is 5.69 Å². The molecule has 2 aliphatic rings. The first kappa shape index (κ1) is 25.3. The highest BCUT2D eigenvalue weighted by molar-refractivity contribution is 6.19. The lowest BCUT2D eigenvalue weighted by Gasteiger charge is -2.44. The van der Waals surface area contributed by atoms with Crippen LogP contribution in [0.2, 0.25) is 0 Å². The number of carbonyl (C=O) groups excluding carboxylic acids is 3. The second-order valence-corrected chi connectivity index (χ2v) is 9.71. The van der Waals surface area contributed by atoms with E-state index in [9.17, 15) is 14.4 Å².